The Bertz CT molecular complexity index is 1740. The van der Waals surface area contributed by atoms with E-state index in [1.165, 1.54) is 111 Å². The van der Waals surface area contributed by atoms with Crippen molar-refractivity contribution >= 4 is 33.7 Å². The molecule has 1 saturated heterocycles. The van der Waals surface area contributed by atoms with Gasteiger partial charge in [-0.1, -0.05) is 0 Å². The number of hydrogen-bond acceptors (Lipinski definition) is 0. The van der Waals surface area contributed by atoms with Gasteiger partial charge in [0.05, 0.1) is 0 Å². The molecule has 47 heavy (non-hydrogen) atoms. The first kappa shape index (κ1) is 32.5. The van der Waals surface area contributed by atoms with Crippen molar-refractivity contribution in [3.63, 3.8) is 0 Å². The zero-order chi connectivity index (χ0) is 29.5. The maximum atomic E-state index is 2.83. The fraction of sp³-hybridized carbons (Fsp3) is 0.455. The standard InChI is InChI=1S/2C19H19.C6H10.2ClH.Zr/c2*1-2-6-14(7-3-1)17-12-16-11-10-15-8-4-5-9-18(15)19(16)13-17;1-2-4-6-5-3-1;;;/h2*4-5,8-14H,1-3,6-7H2;1-2H,3-6H2;2*1H;/q;;;;;+2/p-2. The molecule has 0 N–H and O–H groups in total. The predicted molar refractivity (Wildman–Crippen MR) is 188 cm³/mol. The van der Waals surface area contributed by atoms with Crippen molar-refractivity contribution in [1.82, 2.24) is 0 Å². The van der Waals surface area contributed by atoms with Gasteiger partial charge in [0.1, 0.15) is 0 Å². The van der Waals surface area contributed by atoms with Crippen LogP contribution in [0.4, 0.5) is 0 Å². The van der Waals surface area contributed by atoms with Gasteiger partial charge in [-0.2, -0.15) is 0 Å². The molecule has 4 atom stereocenters. The zero-order valence-electron chi connectivity index (χ0n) is 27.7. The van der Waals surface area contributed by atoms with Crippen LogP contribution in [-0.4, -0.2) is 0 Å². The minimum atomic E-state index is -3.03. The Morgan fingerprint density at radius 3 is 1.28 bits per heavy atom. The zero-order valence-corrected chi connectivity index (χ0v) is 31.7. The third-order valence-corrected chi connectivity index (χ3v) is 30.9. The minimum absolute atomic E-state index is 0. The largest absolute Gasteiger partial charge is 1.00 e. The van der Waals surface area contributed by atoms with E-state index >= 15 is 0 Å². The van der Waals surface area contributed by atoms with Crippen molar-refractivity contribution in [2.24, 2.45) is 11.8 Å². The van der Waals surface area contributed by atoms with E-state index in [1.807, 2.05) is 11.1 Å². The van der Waals surface area contributed by atoms with Crippen molar-refractivity contribution in [3.05, 3.63) is 106 Å². The van der Waals surface area contributed by atoms with Gasteiger partial charge in [0.15, 0.2) is 0 Å². The Kier molecular flexibility index (Phi) is 8.94. The molecule has 0 nitrogen and oxygen atoms in total. The van der Waals surface area contributed by atoms with E-state index in [0.717, 1.165) is 26.3 Å². The molecule has 1 aliphatic heterocycles. The molecule has 0 spiro atoms. The molecule has 4 fully saturated rings. The van der Waals surface area contributed by atoms with E-state index in [2.05, 4.69) is 84.9 Å². The topological polar surface area (TPSA) is 0 Å². The quantitative estimate of drug-likeness (QED) is 0.211. The maximum Gasteiger partial charge on any atom is -1.00 e. The van der Waals surface area contributed by atoms with E-state index in [-0.39, 0.29) is 24.8 Å². The molecule has 1 heterocycles. The van der Waals surface area contributed by atoms with Crippen molar-refractivity contribution < 1.29 is 45.1 Å². The van der Waals surface area contributed by atoms with E-state index in [4.69, 9.17) is 0 Å². The molecule has 6 aliphatic rings. The molecule has 4 unspecified atom stereocenters. The molecule has 0 bridgehead atoms. The van der Waals surface area contributed by atoms with Crippen LogP contribution in [0, 0.1) is 11.8 Å². The summed E-state index contributed by atoms with van der Waals surface area (Å²) in [6.45, 7) is 0. The first-order chi connectivity index (χ1) is 22.3. The van der Waals surface area contributed by atoms with Gasteiger partial charge < -0.3 is 24.8 Å². The summed E-state index contributed by atoms with van der Waals surface area (Å²) in [6, 6.07) is 29.0. The summed E-state index contributed by atoms with van der Waals surface area (Å²) in [6.07, 6.45) is 26.1. The van der Waals surface area contributed by atoms with Gasteiger partial charge in [-0.25, -0.2) is 0 Å². The summed E-state index contributed by atoms with van der Waals surface area (Å²) in [7, 11) is 0. The third kappa shape index (κ3) is 4.90. The van der Waals surface area contributed by atoms with Crippen LogP contribution in [0.1, 0.15) is 119 Å². The van der Waals surface area contributed by atoms with E-state index < -0.39 is 20.3 Å². The average molecular weight is 739 g/mol. The molecule has 4 aromatic carbocycles. The molecule has 3 saturated carbocycles. The van der Waals surface area contributed by atoms with Gasteiger partial charge in [0.25, 0.3) is 0 Å². The Labute approximate surface area is 299 Å². The summed E-state index contributed by atoms with van der Waals surface area (Å²) in [4.78, 5) is 0. The molecule has 0 aromatic heterocycles. The van der Waals surface area contributed by atoms with Crippen LogP contribution in [0.25, 0.3) is 33.7 Å². The van der Waals surface area contributed by atoms with Crippen molar-refractivity contribution in [2.75, 3.05) is 0 Å². The molecule has 242 valence electrons. The number of halogens is 2. The van der Waals surface area contributed by atoms with Gasteiger partial charge in [0, 0.05) is 0 Å². The number of rotatable bonds is 4. The second-order valence-corrected chi connectivity index (χ2v) is 27.3. The number of hydrogen-bond donors (Lipinski definition) is 0. The smallest absolute Gasteiger partial charge is 1.00 e. The molecular weight excluding hydrogens is 691 g/mol. The number of benzene rings is 4. The molecule has 10 rings (SSSR count). The van der Waals surface area contributed by atoms with Gasteiger partial charge in [0.2, 0.25) is 0 Å². The van der Waals surface area contributed by atoms with Crippen LogP contribution in [0.2, 0.25) is 7.25 Å². The van der Waals surface area contributed by atoms with Crippen LogP contribution in [0.3, 0.4) is 0 Å². The molecule has 4 aromatic rings. The average Bonchev–Trinajstić information content (AvgIpc) is 3.38. The first-order valence-corrected chi connectivity index (χ1v) is 24.5. The fourth-order valence-electron chi connectivity index (χ4n) is 12.2. The number of allylic oxidation sites excluding steroid dienone is 2. The van der Waals surface area contributed by atoms with Gasteiger partial charge >= 0.3 is 276 Å². The normalized spacial score (nSPS) is 28.7. The fourth-order valence-corrected chi connectivity index (χ4v) is 35.5. The van der Waals surface area contributed by atoms with E-state index in [0.29, 0.717) is 0 Å². The predicted octanol–water partition coefficient (Wildman–Crippen LogP) is 7.06. The SMILES string of the molecule is C1=C(C2CCCCC2)[CH]([Zr+2]2([CH]3C(C4CCCCC4)=Cc4c3ccc3ccccc43)[CH]3CCCC[CH]32)c2ccc3ccccc3c21.[Cl-].[Cl-]. The van der Waals surface area contributed by atoms with Crippen LogP contribution in [0.5, 0.6) is 0 Å². The Morgan fingerprint density at radius 2 is 0.830 bits per heavy atom. The van der Waals surface area contributed by atoms with Crippen molar-refractivity contribution in [2.45, 2.75) is 104 Å². The summed E-state index contributed by atoms with van der Waals surface area (Å²) in [5.74, 6) is 1.62. The van der Waals surface area contributed by atoms with E-state index in [9.17, 15) is 0 Å². The summed E-state index contributed by atoms with van der Waals surface area (Å²) in [5, 5.41) is 5.93. The van der Waals surface area contributed by atoms with Crippen LogP contribution in [0.15, 0.2) is 83.9 Å². The monoisotopic (exact) mass is 736 g/mol. The van der Waals surface area contributed by atoms with E-state index in [1.54, 1.807) is 22.3 Å². The Balaban J connectivity index is 0.00000162. The summed E-state index contributed by atoms with van der Waals surface area (Å²) >= 11 is -3.03. The molecular formula is C44H48Cl2Zr. The van der Waals surface area contributed by atoms with Crippen molar-refractivity contribution in [3.8, 4) is 0 Å². The summed E-state index contributed by atoms with van der Waals surface area (Å²) in [5.41, 5.74) is 10.7. The van der Waals surface area contributed by atoms with Gasteiger partial charge in [-0.05, 0) is 0 Å². The molecule has 0 radical (unpaired) electrons. The Morgan fingerprint density at radius 1 is 0.426 bits per heavy atom. The Hall–Kier alpha value is -1.66. The third-order valence-electron chi connectivity index (χ3n) is 14.0. The molecule has 3 heteroatoms. The van der Waals surface area contributed by atoms with Crippen LogP contribution < -0.4 is 24.8 Å². The van der Waals surface area contributed by atoms with Gasteiger partial charge in [-0.15, -0.1) is 0 Å². The van der Waals surface area contributed by atoms with Crippen LogP contribution in [-0.2, 0) is 20.3 Å². The molecule has 0 amide bonds. The van der Waals surface area contributed by atoms with Gasteiger partial charge in [-0.3, -0.25) is 0 Å². The van der Waals surface area contributed by atoms with Crippen molar-refractivity contribution in [1.29, 1.82) is 0 Å². The maximum absolute atomic E-state index is 3.03. The second kappa shape index (κ2) is 12.9. The minimum Gasteiger partial charge on any atom is -1.00 e. The molecule has 5 aliphatic carbocycles. The summed E-state index contributed by atoms with van der Waals surface area (Å²) < 4.78 is 3.70. The second-order valence-electron chi connectivity index (χ2n) is 15.9. The number of fused-ring (bicyclic) bond motifs is 7. The van der Waals surface area contributed by atoms with Crippen LogP contribution >= 0.6 is 0 Å². The first-order valence-electron chi connectivity index (χ1n) is 18.8.